The van der Waals surface area contributed by atoms with Gasteiger partial charge in [-0.15, -0.1) is 0 Å². The van der Waals surface area contributed by atoms with Crippen LogP contribution in [0.2, 0.25) is 5.02 Å². The quantitative estimate of drug-likeness (QED) is 0.795. The molecule has 0 aliphatic carbocycles. The van der Waals surface area contributed by atoms with Gasteiger partial charge in [0.25, 0.3) is 5.91 Å². The van der Waals surface area contributed by atoms with Gasteiger partial charge in [-0.3, -0.25) is 4.79 Å². The average Bonchev–Trinajstić information content (AvgIpc) is 2.82. The van der Waals surface area contributed by atoms with Crippen molar-refractivity contribution in [1.82, 2.24) is 9.80 Å². The molecule has 0 bridgehead atoms. The minimum atomic E-state index is 0.145. The van der Waals surface area contributed by atoms with Gasteiger partial charge in [-0.25, -0.2) is 0 Å². The Hall–Kier alpha value is -1.06. The van der Waals surface area contributed by atoms with Gasteiger partial charge >= 0.3 is 0 Å². The molecule has 0 saturated carbocycles. The molecule has 2 heterocycles. The number of hydrogen-bond acceptors (Lipinski definition) is 2. The van der Waals surface area contributed by atoms with Crippen LogP contribution in [0.4, 0.5) is 0 Å². The second-order valence-electron chi connectivity index (χ2n) is 6.32. The number of rotatable bonds is 1. The fourth-order valence-electron chi connectivity index (χ4n) is 3.67. The van der Waals surface area contributed by atoms with E-state index < -0.39 is 0 Å². The highest BCUT2D eigenvalue weighted by atomic mass is 35.5. The number of halogens is 1. The number of piperidine rings is 1. The summed E-state index contributed by atoms with van der Waals surface area (Å²) in [7, 11) is 2.19. The molecule has 0 aromatic heterocycles. The third-order valence-electron chi connectivity index (χ3n) is 4.67. The van der Waals surface area contributed by atoms with Crippen LogP contribution >= 0.6 is 11.6 Å². The summed E-state index contributed by atoms with van der Waals surface area (Å²) in [4.78, 5) is 17.0. The number of carbonyl (C=O) groups excluding carboxylic acids is 1. The Kier molecular flexibility index (Phi) is 3.74. The summed E-state index contributed by atoms with van der Waals surface area (Å²) in [6.07, 6.45) is 3.64. The highest BCUT2D eigenvalue weighted by Crippen LogP contribution is 2.38. The number of carbonyl (C=O) groups is 1. The van der Waals surface area contributed by atoms with Crippen molar-refractivity contribution < 1.29 is 4.79 Å². The Labute approximate surface area is 125 Å². The van der Waals surface area contributed by atoms with Crippen LogP contribution < -0.4 is 0 Å². The second kappa shape index (κ2) is 5.38. The molecule has 0 N–H and O–H groups in total. The van der Waals surface area contributed by atoms with Crippen LogP contribution in [0.3, 0.4) is 0 Å². The number of hydrogen-bond donors (Lipinski definition) is 0. The maximum absolute atomic E-state index is 12.5. The molecule has 20 heavy (non-hydrogen) atoms. The molecule has 2 fully saturated rings. The molecule has 4 heteroatoms. The molecule has 3 nitrogen and oxygen atoms in total. The van der Waals surface area contributed by atoms with Gasteiger partial charge < -0.3 is 9.80 Å². The SMILES string of the molecule is CN1CCCC2(CCN(C(=O)c3ccc(Cl)cc3)C2)C1. The predicted octanol–water partition coefficient (Wildman–Crippen LogP) is 2.90. The molecule has 108 valence electrons. The van der Waals surface area contributed by atoms with Gasteiger partial charge in [-0.2, -0.15) is 0 Å². The molecule has 2 aliphatic heterocycles. The minimum Gasteiger partial charge on any atom is -0.338 e. The Bertz CT molecular complexity index is 502. The standard InChI is InChI=1S/C16H21ClN2O/c1-18-9-2-7-16(11-18)8-10-19(12-16)15(20)13-3-5-14(17)6-4-13/h3-6H,2,7-12H2,1H3. The molecule has 1 aromatic rings. The highest BCUT2D eigenvalue weighted by Gasteiger charge is 2.42. The Morgan fingerprint density at radius 1 is 1.15 bits per heavy atom. The minimum absolute atomic E-state index is 0.145. The third kappa shape index (κ3) is 2.70. The monoisotopic (exact) mass is 292 g/mol. The van der Waals surface area contributed by atoms with Crippen molar-refractivity contribution in [3.8, 4) is 0 Å². The van der Waals surface area contributed by atoms with E-state index >= 15 is 0 Å². The van der Waals surface area contributed by atoms with E-state index in [1.165, 1.54) is 19.4 Å². The van der Waals surface area contributed by atoms with E-state index in [1.54, 1.807) is 12.1 Å². The van der Waals surface area contributed by atoms with Gasteiger partial charge in [0.05, 0.1) is 0 Å². The van der Waals surface area contributed by atoms with E-state index in [4.69, 9.17) is 11.6 Å². The topological polar surface area (TPSA) is 23.6 Å². The normalized spacial score (nSPS) is 27.2. The Balaban J connectivity index is 1.70. The summed E-state index contributed by atoms with van der Waals surface area (Å²) in [5, 5.41) is 0.674. The summed E-state index contributed by atoms with van der Waals surface area (Å²) in [6.45, 7) is 4.10. The summed E-state index contributed by atoms with van der Waals surface area (Å²) >= 11 is 5.88. The van der Waals surface area contributed by atoms with Crippen molar-refractivity contribution in [3.05, 3.63) is 34.9 Å². The maximum atomic E-state index is 12.5. The Morgan fingerprint density at radius 3 is 2.60 bits per heavy atom. The van der Waals surface area contributed by atoms with Crippen LogP contribution in [0, 0.1) is 5.41 Å². The van der Waals surface area contributed by atoms with E-state index in [-0.39, 0.29) is 5.91 Å². The third-order valence-corrected chi connectivity index (χ3v) is 4.92. The van der Waals surface area contributed by atoms with E-state index in [2.05, 4.69) is 11.9 Å². The predicted molar refractivity (Wildman–Crippen MR) is 81.1 cm³/mol. The smallest absolute Gasteiger partial charge is 0.253 e. The molecule has 0 radical (unpaired) electrons. The summed E-state index contributed by atoms with van der Waals surface area (Å²) in [5.74, 6) is 0.145. The zero-order valence-electron chi connectivity index (χ0n) is 11.9. The van der Waals surface area contributed by atoms with Gasteiger partial charge in [-0.05, 0) is 57.1 Å². The lowest BCUT2D eigenvalue weighted by molar-refractivity contribution is 0.0722. The van der Waals surface area contributed by atoms with Crippen molar-refractivity contribution in [1.29, 1.82) is 0 Å². The van der Waals surface area contributed by atoms with E-state index in [9.17, 15) is 4.79 Å². The molecular weight excluding hydrogens is 272 g/mol. The fraction of sp³-hybridized carbons (Fsp3) is 0.562. The van der Waals surface area contributed by atoms with Gasteiger partial charge in [0.2, 0.25) is 0 Å². The van der Waals surface area contributed by atoms with Gasteiger partial charge in [0.1, 0.15) is 0 Å². The number of amides is 1. The summed E-state index contributed by atoms with van der Waals surface area (Å²) < 4.78 is 0. The average molecular weight is 293 g/mol. The van der Waals surface area contributed by atoms with E-state index in [1.807, 2.05) is 17.0 Å². The van der Waals surface area contributed by atoms with E-state index in [0.29, 0.717) is 10.4 Å². The lowest BCUT2D eigenvalue weighted by atomic mass is 9.79. The second-order valence-corrected chi connectivity index (χ2v) is 6.76. The number of nitrogens with zero attached hydrogens (tertiary/aromatic N) is 2. The van der Waals surface area contributed by atoms with Crippen molar-refractivity contribution in [2.45, 2.75) is 19.3 Å². The Morgan fingerprint density at radius 2 is 1.90 bits per heavy atom. The highest BCUT2D eigenvalue weighted by molar-refractivity contribution is 6.30. The first-order chi connectivity index (χ1) is 9.58. The largest absolute Gasteiger partial charge is 0.338 e. The van der Waals surface area contributed by atoms with E-state index in [0.717, 1.165) is 31.6 Å². The van der Waals surface area contributed by atoms with Crippen LogP contribution in [0.25, 0.3) is 0 Å². The first-order valence-corrected chi connectivity index (χ1v) is 7.69. The lowest BCUT2D eigenvalue weighted by Crippen LogP contribution is -2.43. The zero-order valence-corrected chi connectivity index (χ0v) is 12.7. The molecule has 1 unspecified atom stereocenters. The molecular formula is C16H21ClN2O. The molecule has 2 aliphatic rings. The van der Waals surface area contributed by atoms with Crippen molar-refractivity contribution >= 4 is 17.5 Å². The van der Waals surface area contributed by atoms with Gasteiger partial charge in [0.15, 0.2) is 0 Å². The van der Waals surface area contributed by atoms with Crippen LogP contribution in [0.15, 0.2) is 24.3 Å². The van der Waals surface area contributed by atoms with Gasteiger partial charge in [0, 0.05) is 35.6 Å². The number of likely N-dealkylation sites (tertiary alicyclic amines) is 2. The van der Waals surface area contributed by atoms with Crippen molar-refractivity contribution in [2.24, 2.45) is 5.41 Å². The van der Waals surface area contributed by atoms with Crippen LogP contribution in [0.1, 0.15) is 29.6 Å². The summed E-state index contributed by atoms with van der Waals surface area (Å²) in [6, 6.07) is 7.22. The van der Waals surface area contributed by atoms with Gasteiger partial charge in [-0.1, -0.05) is 11.6 Å². The lowest BCUT2D eigenvalue weighted by Gasteiger charge is -2.38. The molecule has 1 amide bonds. The molecule has 1 spiro atoms. The first-order valence-electron chi connectivity index (χ1n) is 7.31. The molecule has 3 rings (SSSR count). The van der Waals surface area contributed by atoms with Crippen LogP contribution in [-0.2, 0) is 0 Å². The summed E-state index contributed by atoms with van der Waals surface area (Å²) in [5.41, 5.74) is 1.07. The molecule has 2 saturated heterocycles. The molecule has 1 atom stereocenters. The number of benzene rings is 1. The zero-order chi connectivity index (χ0) is 14.2. The fourth-order valence-corrected chi connectivity index (χ4v) is 3.80. The first kappa shape index (κ1) is 13.9. The van der Waals surface area contributed by atoms with Crippen molar-refractivity contribution in [3.63, 3.8) is 0 Å². The van der Waals surface area contributed by atoms with Crippen LogP contribution in [0.5, 0.6) is 0 Å². The van der Waals surface area contributed by atoms with Crippen molar-refractivity contribution in [2.75, 3.05) is 33.2 Å². The maximum Gasteiger partial charge on any atom is 0.253 e. The molecule has 1 aromatic carbocycles. The van der Waals surface area contributed by atoms with Crippen LogP contribution in [-0.4, -0.2) is 48.9 Å².